The van der Waals surface area contributed by atoms with Gasteiger partial charge in [-0.15, -0.1) is 0 Å². The van der Waals surface area contributed by atoms with Crippen molar-refractivity contribution in [2.45, 2.75) is 13.5 Å². The van der Waals surface area contributed by atoms with Gasteiger partial charge in [0.2, 0.25) is 0 Å². The SMILES string of the molecule is CCOC(=O)c1cc(O)c2ccc(CO)cc2c1. The van der Waals surface area contributed by atoms with Crippen molar-refractivity contribution < 1.29 is 19.7 Å². The van der Waals surface area contributed by atoms with E-state index in [0.717, 1.165) is 5.56 Å². The fourth-order valence-corrected chi connectivity index (χ4v) is 1.83. The van der Waals surface area contributed by atoms with Crippen LogP contribution in [0.2, 0.25) is 0 Å². The van der Waals surface area contributed by atoms with Gasteiger partial charge < -0.3 is 14.9 Å². The highest BCUT2D eigenvalue weighted by atomic mass is 16.5. The Kier molecular flexibility index (Phi) is 3.48. The largest absolute Gasteiger partial charge is 0.507 e. The second-order valence-electron chi connectivity index (χ2n) is 3.93. The number of aliphatic hydroxyl groups is 1. The molecule has 2 N–H and O–H groups in total. The quantitative estimate of drug-likeness (QED) is 0.815. The zero-order valence-corrected chi connectivity index (χ0v) is 10.0. The molecule has 0 aliphatic rings. The first-order valence-corrected chi connectivity index (χ1v) is 5.69. The lowest BCUT2D eigenvalue weighted by Crippen LogP contribution is -2.04. The molecule has 0 radical (unpaired) electrons. The maximum atomic E-state index is 11.6. The topological polar surface area (TPSA) is 66.8 Å². The van der Waals surface area contributed by atoms with Gasteiger partial charge in [-0.3, -0.25) is 0 Å². The lowest BCUT2D eigenvalue weighted by atomic mass is 10.0. The van der Waals surface area contributed by atoms with Gasteiger partial charge in [0.05, 0.1) is 18.8 Å². The third kappa shape index (κ3) is 2.28. The summed E-state index contributed by atoms with van der Waals surface area (Å²) in [5, 5.41) is 20.3. The summed E-state index contributed by atoms with van der Waals surface area (Å²) in [6.45, 7) is 1.93. The monoisotopic (exact) mass is 246 g/mol. The molecule has 4 heteroatoms. The summed E-state index contributed by atoms with van der Waals surface area (Å²) < 4.78 is 4.89. The van der Waals surface area contributed by atoms with Gasteiger partial charge in [-0.05, 0) is 36.1 Å². The van der Waals surface area contributed by atoms with Gasteiger partial charge >= 0.3 is 5.97 Å². The second-order valence-corrected chi connectivity index (χ2v) is 3.93. The first kappa shape index (κ1) is 12.4. The van der Waals surface area contributed by atoms with Gasteiger partial charge in [0.1, 0.15) is 5.75 Å². The molecule has 4 nitrogen and oxygen atoms in total. The van der Waals surface area contributed by atoms with Gasteiger partial charge in [-0.25, -0.2) is 4.79 Å². The Labute approximate surface area is 104 Å². The minimum Gasteiger partial charge on any atom is -0.507 e. The minimum atomic E-state index is -0.468. The highest BCUT2D eigenvalue weighted by molar-refractivity contribution is 5.98. The molecule has 0 unspecified atom stereocenters. The highest BCUT2D eigenvalue weighted by Gasteiger charge is 2.10. The average Bonchev–Trinajstić information content (AvgIpc) is 2.38. The van der Waals surface area contributed by atoms with Crippen molar-refractivity contribution in [1.82, 2.24) is 0 Å². The van der Waals surface area contributed by atoms with Crippen molar-refractivity contribution in [3.63, 3.8) is 0 Å². The molecule has 0 heterocycles. The average molecular weight is 246 g/mol. The van der Waals surface area contributed by atoms with Crippen molar-refractivity contribution in [3.05, 3.63) is 41.5 Å². The smallest absolute Gasteiger partial charge is 0.338 e. The van der Waals surface area contributed by atoms with Crippen LogP contribution in [0.5, 0.6) is 5.75 Å². The van der Waals surface area contributed by atoms with E-state index >= 15 is 0 Å². The Bertz CT molecular complexity index is 590. The summed E-state index contributed by atoms with van der Waals surface area (Å²) in [7, 11) is 0. The molecule has 0 amide bonds. The summed E-state index contributed by atoms with van der Waals surface area (Å²) >= 11 is 0. The number of esters is 1. The number of carbonyl (C=O) groups is 1. The van der Waals surface area contributed by atoms with Crippen LogP contribution in [-0.4, -0.2) is 22.8 Å². The molecule has 94 valence electrons. The Morgan fingerprint density at radius 2 is 2.06 bits per heavy atom. The second kappa shape index (κ2) is 5.06. The third-order valence-electron chi connectivity index (χ3n) is 2.69. The van der Waals surface area contributed by atoms with Crippen LogP contribution in [0.1, 0.15) is 22.8 Å². The van der Waals surface area contributed by atoms with E-state index in [0.29, 0.717) is 16.3 Å². The van der Waals surface area contributed by atoms with Crippen LogP contribution >= 0.6 is 0 Å². The molecule has 0 aromatic heterocycles. The Hall–Kier alpha value is -2.07. The number of hydrogen-bond donors (Lipinski definition) is 2. The van der Waals surface area contributed by atoms with Gasteiger partial charge in [-0.1, -0.05) is 12.1 Å². The summed E-state index contributed by atoms with van der Waals surface area (Å²) in [5.41, 5.74) is 1.03. The number of fused-ring (bicyclic) bond motifs is 1. The normalized spacial score (nSPS) is 10.6. The van der Waals surface area contributed by atoms with E-state index in [-0.39, 0.29) is 19.0 Å². The number of rotatable bonds is 3. The van der Waals surface area contributed by atoms with E-state index < -0.39 is 5.97 Å². The summed E-state index contributed by atoms with van der Waals surface area (Å²) in [4.78, 5) is 11.6. The van der Waals surface area contributed by atoms with E-state index in [2.05, 4.69) is 0 Å². The lowest BCUT2D eigenvalue weighted by molar-refractivity contribution is 0.0526. The first-order valence-electron chi connectivity index (χ1n) is 5.69. The maximum Gasteiger partial charge on any atom is 0.338 e. The van der Waals surface area contributed by atoms with E-state index in [1.54, 1.807) is 31.2 Å². The molecular formula is C14H14O4. The number of carbonyl (C=O) groups excluding carboxylic acids is 1. The highest BCUT2D eigenvalue weighted by Crippen LogP contribution is 2.27. The predicted octanol–water partition coefficient (Wildman–Crippen LogP) is 2.21. The number of aliphatic hydroxyl groups excluding tert-OH is 1. The van der Waals surface area contributed by atoms with Gasteiger partial charge in [0.15, 0.2) is 0 Å². The summed E-state index contributed by atoms with van der Waals surface area (Å²) in [6, 6.07) is 8.21. The van der Waals surface area contributed by atoms with Crippen LogP contribution in [0.4, 0.5) is 0 Å². The molecule has 0 saturated carbocycles. The van der Waals surface area contributed by atoms with Gasteiger partial charge in [0, 0.05) is 5.39 Å². The van der Waals surface area contributed by atoms with E-state index in [9.17, 15) is 9.90 Å². The number of hydrogen-bond acceptors (Lipinski definition) is 4. The molecule has 2 aromatic carbocycles. The van der Waals surface area contributed by atoms with E-state index in [1.807, 2.05) is 0 Å². The first-order chi connectivity index (χ1) is 8.65. The lowest BCUT2D eigenvalue weighted by Gasteiger charge is -2.07. The van der Waals surface area contributed by atoms with Crippen LogP contribution in [0.15, 0.2) is 30.3 Å². The molecule has 0 aliphatic heterocycles. The van der Waals surface area contributed by atoms with E-state index in [4.69, 9.17) is 9.84 Å². The van der Waals surface area contributed by atoms with Crippen LogP contribution in [0.3, 0.4) is 0 Å². The molecule has 0 spiro atoms. The van der Waals surface area contributed by atoms with Crippen LogP contribution < -0.4 is 0 Å². The zero-order valence-electron chi connectivity index (χ0n) is 10.0. The number of aromatic hydroxyl groups is 1. The maximum absolute atomic E-state index is 11.6. The molecule has 0 bridgehead atoms. The van der Waals surface area contributed by atoms with Gasteiger partial charge in [-0.2, -0.15) is 0 Å². The van der Waals surface area contributed by atoms with Crippen LogP contribution in [0, 0.1) is 0 Å². The number of phenolic OH excluding ortho intramolecular Hbond substituents is 1. The molecule has 0 atom stereocenters. The van der Waals surface area contributed by atoms with Crippen molar-refractivity contribution in [2.24, 2.45) is 0 Å². The molecule has 0 saturated heterocycles. The van der Waals surface area contributed by atoms with Crippen molar-refractivity contribution in [3.8, 4) is 5.75 Å². The molecule has 0 fully saturated rings. The van der Waals surface area contributed by atoms with Crippen LogP contribution in [0.25, 0.3) is 10.8 Å². The Balaban J connectivity index is 2.55. The molecule has 2 aromatic rings. The minimum absolute atomic E-state index is 0.0278. The van der Waals surface area contributed by atoms with Crippen molar-refractivity contribution in [1.29, 1.82) is 0 Å². The molecule has 0 aliphatic carbocycles. The van der Waals surface area contributed by atoms with Crippen LogP contribution in [-0.2, 0) is 11.3 Å². The Morgan fingerprint density at radius 3 is 2.72 bits per heavy atom. The fourth-order valence-electron chi connectivity index (χ4n) is 1.83. The standard InChI is InChI=1S/C14H14O4/c1-2-18-14(17)11-6-10-5-9(8-15)3-4-12(10)13(16)7-11/h3-7,15-16H,2,8H2,1H3. The Morgan fingerprint density at radius 1 is 1.28 bits per heavy atom. The predicted molar refractivity (Wildman–Crippen MR) is 67.5 cm³/mol. The van der Waals surface area contributed by atoms with Crippen molar-refractivity contribution in [2.75, 3.05) is 6.61 Å². The number of ether oxygens (including phenoxy) is 1. The number of phenols is 1. The third-order valence-corrected chi connectivity index (χ3v) is 2.69. The molecule has 2 rings (SSSR count). The fraction of sp³-hybridized carbons (Fsp3) is 0.214. The van der Waals surface area contributed by atoms with E-state index in [1.165, 1.54) is 6.07 Å². The zero-order chi connectivity index (χ0) is 13.1. The summed E-state index contributed by atoms with van der Waals surface area (Å²) in [5.74, 6) is -0.441. The molecule has 18 heavy (non-hydrogen) atoms. The van der Waals surface area contributed by atoms with Crippen molar-refractivity contribution >= 4 is 16.7 Å². The molecular weight excluding hydrogens is 232 g/mol. The van der Waals surface area contributed by atoms with Gasteiger partial charge in [0.25, 0.3) is 0 Å². The summed E-state index contributed by atoms with van der Waals surface area (Å²) in [6.07, 6.45) is 0. The number of benzene rings is 2.